The summed E-state index contributed by atoms with van der Waals surface area (Å²) < 4.78 is 61.3. The molecule has 26 heavy (non-hydrogen) atoms. The molecule has 3 aromatic carbocycles. The first-order valence-electron chi connectivity index (χ1n) is 7.34. The molecule has 0 spiro atoms. The van der Waals surface area contributed by atoms with Gasteiger partial charge in [0.15, 0.2) is 14.7 Å². The summed E-state index contributed by atoms with van der Waals surface area (Å²) >= 11 is 0. The van der Waals surface area contributed by atoms with Gasteiger partial charge in [0, 0.05) is 0 Å². The van der Waals surface area contributed by atoms with Gasteiger partial charge in [-0.05, 0) is 72.8 Å². The van der Waals surface area contributed by atoms with E-state index in [2.05, 4.69) is 4.18 Å². The van der Waals surface area contributed by atoms with E-state index in [0.29, 0.717) is 0 Å². The van der Waals surface area contributed by atoms with Crippen LogP contribution in [0.25, 0.3) is 0 Å². The number of hydrogen-bond donors (Lipinski definition) is 1. The first-order valence-corrected chi connectivity index (χ1v) is 9.93. The van der Waals surface area contributed by atoms with E-state index in [9.17, 15) is 17.2 Å². The molecule has 0 atom stereocenters. The maximum absolute atomic E-state index is 13.3. The van der Waals surface area contributed by atoms with E-state index in [1.54, 1.807) is 36.4 Å². The van der Waals surface area contributed by atoms with E-state index in [4.69, 9.17) is 4.55 Å². The van der Waals surface area contributed by atoms with Gasteiger partial charge in [-0.25, -0.2) is 8.78 Å². The molecule has 0 unspecified atom stereocenters. The molecule has 0 saturated carbocycles. The van der Waals surface area contributed by atoms with Crippen LogP contribution in [-0.2, 0) is 21.3 Å². The summed E-state index contributed by atoms with van der Waals surface area (Å²) in [5, 5.41) is 0. The van der Waals surface area contributed by atoms with E-state index in [1.807, 2.05) is 0 Å². The normalized spacial score (nSPS) is 11.5. The second kappa shape index (κ2) is 7.45. The van der Waals surface area contributed by atoms with Gasteiger partial charge in [-0.3, -0.25) is 4.55 Å². The highest BCUT2D eigenvalue weighted by Crippen LogP contribution is 2.32. The second-order valence-electron chi connectivity index (χ2n) is 5.20. The molecule has 0 fully saturated rings. The highest BCUT2D eigenvalue weighted by atomic mass is 32.3. The van der Waals surface area contributed by atoms with Crippen LogP contribution in [0.2, 0.25) is 0 Å². The van der Waals surface area contributed by atoms with Crippen LogP contribution in [0.1, 0.15) is 0 Å². The van der Waals surface area contributed by atoms with Crippen molar-refractivity contribution in [3.05, 3.63) is 84.4 Å². The summed E-state index contributed by atoms with van der Waals surface area (Å²) in [6, 6.07) is 18.0. The van der Waals surface area contributed by atoms with Gasteiger partial charge in [0.05, 0.1) is 10.9 Å². The standard InChI is InChI=1S/C18H12F2O4S2/c19-13-1-7-16(8-2-13)25(17-9-3-14(20)4-10-17)18-11-5-15(6-12-18)24-26(21,22)23/h1-12H/p+1. The van der Waals surface area contributed by atoms with E-state index < -0.39 is 21.3 Å². The number of halogens is 2. The first kappa shape index (κ1) is 18.4. The molecule has 3 aromatic rings. The third-order valence-corrected chi connectivity index (χ3v) is 5.99. The monoisotopic (exact) mass is 395 g/mol. The van der Waals surface area contributed by atoms with Crippen LogP contribution in [-0.4, -0.2) is 13.0 Å². The van der Waals surface area contributed by atoms with Gasteiger partial charge >= 0.3 is 10.4 Å². The summed E-state index contributed by atoms with van der Waals surface area (Å²) in [7, 11) is -5.27. The maximum atomic E-state index is 13.3. The molecule has 0 bridgehead atoms. The van der Waals surface area contributed by atoms with Gasteiger partial charge < -0.3 is 4.18 Å². The van der Waals surface area contributed by atoms with Gasteiger partial charge in [0.25, 0.3) is 0 Å². The molecule has 134 valence electrons. The Balaban J connectivity index is 2.03. The molecule has 4 nitrogen and oxygen atoms in total. The minimum atomic E-state index is -4.61. The van der Waals surface area contributed by atoms with E-state index in [1.165, 1.54) is 36.4 Å². The highest BCUT2D eigenvalue weighted by Gasteiger charge is 2.29. The zero-order valence-corrected chi connectivity index (χ0v) is 14.8. The lowest BCUT2D eigenvalue weighted by Crippen LogP contribution is -2.08. The summed E-state index contributed by atoms with van der Waals surface area (Å²) in [5.41, 5.74) is 0. The van der Waals surface area contributed by atoms with Gasteiger partial charge in [0.2, 0.25) is 0 Å². The number of hydrogen-bond acceptors (Lipinski definition) is 3. The Labute approximate surface area is 152 Å². The Bertz CT molecular complexity index is 941. The fourth-order valence-electron chi connectivity index (χ4n) is 2.30. The Kier molecular flexibility index (Phi) is 5.26. The minimum Gasteiger partial charge on any atom is -0.362 e. The molecule has 0 amide bonds. The predicted molar refractivity (Wildman–Crippen MR) is 93.6 cm³/mol. The molecule has 3 rings (SSSR count). The Morgan fingerprint density at radius 1 is 0.692 bits per heavy atom. The van der Waals surface area contributed by atoms with Crippen molar-refractivity contribution < 1.29 is 25.9 Å². The van der Waals surface area contributed by atoms with Crippen LogP contribution in [0.3, 0.4) is 0 Å². The summed E-state index contributed by atoms with van der Waals surface area (Å²) in [6.07, 6.45) is 0. The first-order chi connectivity index (χ1) is 12.3. The zero-order valence-electron chi connectivity index (χ0n) is 13.2. The lowest BCUT2D eigenvalue weighted by molar-refractivity contribution is 0.386. The molecule has 0 aliphatic carbocycles. The molecular weight excluding hydrogens is 382 g/mol. The van der Waals surface area contributed by atoms with Crippen LogP contribution >= 0.6 is 0 Å². The van der Waals surface area contributed by atoms with Crippen molar-refractivity contribution in [2.24, 2.45) is 0 Å². The van der Waals surface area contributed by atoms with Crippen molar-refractivity contribution in [1.82, 2.24) is 0 Å². The molecular formula is C18H13F2O4S2+. The molecule has 0 saturated heterocycles. The van der Waals surface area contributed by atoms with Gasteiger partial charge in [0.1, 0.15) is 17.4 Å². The second-order valence-corrected chi connectivity index (χ2v) is 8.25. The largest absolute Gasteiger partial charge is 0.446 e. The van der Waals surface area contributed by atoms with Crippen molar-refractivity contribution in [1.29, 1.82) is 0 Å². The fraction of sp³-hybridized carbons (Fsp3) is 0. The third kappa shape index (κ3) is 4.60. The van der Waals surface area contributed by atoms with Crippen LogP contribution in [0.5, 0.6) is 5.75 Å². The molecule has 0 radical (unpaired) electrons. The van der Waals surface area contributed by atoms with Gasteiger partial charge in [-0.1, -0.05) is 0 Å². The van der Waals surface area contributed by atoms with Crippen LogP contribution in [0.15, 0.2) is 87.5 Å². The van der Waals surface area contributed by atoms with Crippen molar-refractivity contribution in [3.63, 3.8) is 0 Å². The highest BCUT2D eigenvalue weighted by molar-refractivity contribution is 7.97. The topological polar surface area (TPSA) is 63.6 Å². The third-order valence-electron chi connectivity index (χ3n) is 3.36. The molecule has 0 heterocycles. The molecule has 0 aliphatic heterocycles. The van der Waals surface area contributed by atoms with Crippen molar-refractivity contribution in [2.75, 3.05) is 0 Å². The summed E-state index contributed by atoms with van der Waals surface area (Å²) in [4.78, 5) is 2.40. The molecule has 1 N–H and O–H groups in total. The van der Waals surface area contributed by atoms with Crippen molar-refractivity contribution >= 4 is 21.3 Å². The van der Waals surface area contributed by atoms with Crippen LogP contribution < -0.4 is 4.18 Å². The van der Waals surface area contributed by atoms with E-state index in [-0.39, 0.29) is 17.4 Å². The zero-order chi connectivity index (χ0) is 18.7. The summed E-state index contributed by atoms with van der Waals surface area (Å²) in [5.74, 6) is -0.778. The quantitative estimate of drug-likeness (QED) is 0.518. The van der Waals surface area contributed by atoms with Crippen LogP contribution in [0.4, 0.5) is 8.78 Å². The smallest absolute Gasteiger partial charge is 0.362 e. The fourth-order valence-corrected chi connectivity index (χ4v) is 4.70. The van der Waals surface area contributed by atoms with Crippen LogP contribution in [0, 0.1) is 11.6 Å². The Hall–Kier alpha value is -2.42. The average molecular weight is 395 g/mol. The Morgan fingerprint density at radius 3 is 1.38 bits per heavy atom. The lowest BCUT2D eigenvalue weighted by atomic mass is 10.3. The van der Waals surface area contributed by atoms with E-state index in [0.717, 1.165) is 14.7 Å². The van der Waals surface area contributed by atoms with E-state index >= 15 is 0 Å². The van der Waals surface area contributed by atoms with Crippen molar-refractivity contribution in [2.45, 2.75) is 14.7 Å². The number of rotatable bonds is 5. The predicted octanol–water partition coefficient (Wildman–Crippen LogP) is 4.24. The molecule has 0 aliphatic rings. The SMILES string of the molecule is O=S(=O)(O)Oc1ccc([S+](c2ccc(F)cc2)c2ccc(F)cc2)cc1. The lowest BCUT2D eigenvalue weighted by Gasteiger charge is -2.09. The maximum Gasteiger partial charge on any atom is 0.446 e. The van der Waals surface area contributed by atoms with Gasteiger partial charge in [-0.2, -0.15) is 8.42 Å². The summed E-state index contributed by atoms with van der Waals surface area (Å²) in [6.45, 7) is 0. The molecule has 0 aromatic heterocycles. The molecule has 8 heteroatoms. The van der Waals surface area contributed by atoms with Gasteiger partial charge in [-0.15, -0.1) is 0 Å². The number of benzene rings is 3. The minimum absolute atomic E-state index is 0.0435. The van der Waals surface area contributed by atoms with Crippen molar-refractivity contribution in [3.8, 4) is 5.75 Å². The average Bonchev–Trinajstić information content (AvgIpc) is 2.59. The Morgan fingerprint density at radius 2 is 1.04 bits per heavy atom.